The molecule has 5 rings (SSSR count). The van der Waals surface area contributed by atoms with Crippen molar-refractivity contribution in [2.75, 3.05) is 19.9 Å². The van der Waals surface area contributed by atoms with E-state index in [4.69, 9.17) is 25.4 Å². The number of rotatable bonds is 4. The first-order valence-corrected chi connectivity index (χ1v) is 11.9. The Morgan fingerprint density at radius 2 is 1.59 bits per heavy atom. The summed E-state index contributed by atoms with van der Waals surface area (Å²) in [6.07, 6.45) is -7.87. The van der Waals surface area contributed by atoms with Gasteiger partial charge in [0.2, 0.25) is 0 Å². The molecule has 9 atom stereocenters. The zero-order chi connectivity index (χ0) is 28.8. The number of H-pyrrole nitrogens is 1. The van der Waals surface area contributed by atoms with Gasteiger partial charge in [-0.1, -0.05) is 0 Å². The number of aromatic amines is 1. The number of amides is 1. The lowest BCUT2D eigenvalue weighted by atomic mass is 10.1. The summed E-state index contributed by atoms with van der Waals surface area (Å²) in [6, 6.07) is 0. The molecule has 0 radical (unpaired) electrons. The van der Waals surface area contributed by atoms with E-state index >= 15 is 0 Å². The predicted molar refractivity (Wildman–Crippen MR) is 129 cm³/mol. The van der Waals surface area contributed by atoms with Gasteiger partial charge >= 0.3 is 5.69 Å². The molecule has 5 heterocycles. The van der Waals surface area contributed by atoms with Crippen molar-refractivity contribution < 1.29 is 44.9 Å². The SMILES string of the molecule is CC1(N)N=C2C(=NCN2[C@@H]2O[C@H](CO)[C@@H](O)[C@H]2O)C(=O)N1.Cc1cn([C@@H]2O[C@H](CO)[C@@H](O)[C@H]2O)c(=O)[nH]c1=O. The number of aromatic nitrogens is 2. The van der Waals surface area contributed by atoms with Crippen molar-refractivity contribution in [2.24, 2.45) is 15.7 Å². The summed E-state index contributed by atoms with van der Waals surface area (Å²) >= 11 is 0. The van der Waals surface area contributed by atoms with Gasteiger partial charge in [-0.05, 0) is 13.8 Å². The third-order valence-electron chi connectivity index (χ3n) is 6.55. The average molecular weight is 558 g/mol. The number of carbonyl (C=O) groups excluding carboxylic acids is 1. The van der Waals surface area contributed by atoms with Gasteiger partial charge in [0.1, 0.15) is 43.3 Å². The smallest absolute Gasteiger partial charge is 0.330 e. The highest BCUT2D eigenvalue weighted by Crippen LogP contribution is 2.29. The molecule has 0 saturated carbocycles. The zero-order valence-corrected chi connectivity index (χ0v) is 20.9. The normalized spacial score (nSPS) is 37.6. The Kier molecular flexibility index (Phi) is 8.03. The Labute approximate surface area is 219 Å². The van der Waals surface area contributed by atoms with Gasteiger partial charge in [0.25, 0.3) is 11.5 Å². The highest BCUT2D eigenvalue weighted by atomic mass is 16.6. The number of amidine groups is 1. The van der Waals surface area contributed by atoms with Crippen LogP contribution in [0.2, 0.25) is 0 Å². The van der Waals surface area contributed by atoms with Gasteiger partial charge in [0.15, 0.2) is 29.8 Å². The number of nitrogens with one attached hydrogen (secondary N) is 2. The predicted octanol–water partition coefficient (Wildman–Crippen LogP) is -6.24. The number of ether oxygens (including phenoxy) is 2. The Morgan fingerprint density at radius 1 is 1.03 bits per heavy atom. The van der Waals surface area contributed by atoms with E-state index in [0.29, 0.717) is 0 Å². The molecule has 4 aliphatic heterocycles. The number of nitrogens with two attached hydrogens (primary N) is 1. The highest BCUT2D eigenvalue weighted by Gasteiger charge is 2.50. The first-order chi connectivity index (χ1) is 18.3. The number of aliphatic hydroxyl groups excluding tert-OH is 6. The molecule has 1 unspecified atom stereocenters. The third-order valence-corrected chi connectivity index (χ3v) is 6.55. The topological polar surface area (TPSA) is 278 Å². The van der Waals surface area contributed by atoms with Gasteiger partial charge in [-0.3, -0.25) is 29.9 Å². The molecule has 18 nitrogen and oxygen atoms in total. The summed E-state index contributed by atoms with van der Waals surface area (Å²) in [5.41, 5.74) is 4.91. The molecule has 216 valence electrons. The number of hydrogen-bond acceptors (Lipinski definition) is 15. The standard InChI is InChI=1S/C11H17N5O5.C10H14N2O6/c1-11(12)14-8-5(9(20)15-11)13-3-16(8)10-7(19)6(18)4(2-17)21-10;1-4-2-12(10(17)11-8(4)16)9-7(15)6(14)5(3-13)18-9/h4,6-7,10,17-19H,2-3,12H2,1H3,(H,15,20);2,5-7,9,13-15H,3H2,1H3,(H,11,16,17)/t4-,6-,7-,10-,11?;5-,6-,7-,9-/m11/s1. The average Bonchev–Trinajstić information content (AvgIpc) is 3.50. The maximum atomic E-state index is 11.9. The third kappa shape index (κ3) is 5.38. The van der Waals surface area contributed by atoms with E-state index in [1.807, 2.05) is 0 Å². The van der Waals surface area contributed by atoms with Crippen LogP contribution in [-0.2, 0) is 14.3 Å². The van der Waals surface area contributed by atoms with E-state index in [1.165, 1.54) is 24.9 Å². The molecule has 18 heteroatoms. The molecular formula is C21H31N7O11. The Hall–Kier alpha value is -3.07. The van der Waals surface area contributed by atoms with Crippen LogP contribution >= 0.6 is 0 Å². The molecule has 10 N–H and O–H groups in total. The van der Waals surface area contributed by atoms with Crippen LogP contribution in [0.1, 0.15) is 18.7 Å². The lowest BCUT2D eigenvalue weighted by Crippen LogP contribution is -2.61. The van der Waals surface area contributed by atoms with E-state index in [2.05, 4.69) is 20.3 Å². The lowest BCUT2D eigenvalue weighted by molar-refractivity contribution is -0.116. The minimum Gasteiger partial charge on any atom is -0.394 e. The minimum atomic E-state index is -1.36. The molecule has 1 aromatic heterocycles. The maximum Gasteiger partial charge on any atom is 0.330 e. The quantitative estimate of drug-likeness (QED) is 0.167. The molecule has 1 amide bonds. The molecule has 2 fully saturated rings. The van der Waals surface area contributed by atoms with Crippen molar-refractivity contribution in [3.8, 4) is 0 Å². The van der Waals surface area contributed by atoms with Crippen LogP contribution in [0.25, 0.3) is 0 Å². The summed E-state index contributed by atoms with van der Waals surface area (Å²) in [5, 5.41) is 59.7. The number of nitrogens with zero attached hydrogens (tertiary/aromatic N) is 4. The molecule has 4 aliphatic rings. The van der Waals surface area contributed by atoms with E-state index in [-0.39, 0.29) is 23.8 Å². The molecule has 1 aromatic rings. The van der Waals surface area contributed by atoms with E-state index in [1.54, 1.807) is 0 Å². The fraction of sp³-hybridized carbons (Fsp3) is 0.667. The second-order valence-corrected chi connectivity index (χ2v) is 9.59. The molecule has 0 aromatic carbocycles. The molecule has 0 aliphatic carbocycles. The Morgan fingerprint density at radius 3 is 2.15 bits per heavy atom. The molecule has 39 heavy (non-hydrogen) atoms. The lowest BCUT2D eigenvalue weighted by Gasteiger charge is -2.32. The fourth-order valence-corrected chi connectivity index (χ4v) is 4.47. The maximum absolute atomic E-state index is 11.9. The number of carbonyl (C=O) groups is 1. The van der Waals surface area contributed by atoms with E-state index in [0.717, 1.165) is 4.57 Å². The van der Waals surface area contributed by atoms with Crippen LogP contribution in [-0.4, -0.2) is 131 Å². The van der Waals surface area contributed by atoms with Crippen molar-refractivity contribution >= 4 is 17.5 Å². The monoisotopic (exact) mass is 557 g/mol. The van der Waals surface area contributed by atoms with Gasteiger partial charge in [0, 0.05) is 11.8 Å². The molecule has 0 bridgehead atoms. The van der Waals surface area contributed by atoms with Crippen LogP contribution in [0, 0.1) is 6.92 Å². The molecular weight excluding hydrogens is 526 g/mol. The van der Waals surface area contributed by atoms with Crippen molar-refractivity contribution in [2.45, 2.75) is 68.7 Å². The van der Waals surface area contributed by atoms with Crippen LogP contribution in [0.4, 0.5) is 0 Å². The Bertz CT molecular complexity index is 1280. The summed E-state index contributed by atoms with van der Waals surface area (Å²) in [4.78, 5) is 46.5. The first kappa shape index (κ1) is 28.9. The van der Waals surface area contributed by atoms with Gasteiger partial charge in [-0.25, -0.2) is 9.79 Å². The minimum absolute atomic E-state index is 0.0459. The van der Waals surface area contributed by atoms with Crippen molar-refractivity contribution in [3.63, 3.8) is 0 Å². The van der Waals surface area contributed by atoms with Gasteiger partial charge in [-0.15, -0.1) is 0 Å². The van der Waals surface area contributed by atoms with E-state index < -0.39 is 85.2 Å². The van der Waals surface area contributed by atoms with Crippen LogP contribution in [0.15, 0.2) is 25.8 Å². The number of hydrogen-bond donors (Lipinski definition) is 9. The second kappa shape index (κ2) is 10.8. The number of aliphatic hydroxyl groups is 6. The molecule has 2 saturated heterocycles. The van der Waals surface area contributed by atoms with Crippen molar-refractivity contribution in [1.82, 2.24) is 19.8 Å². The number of fused-ring (bicyclic) bond motifs is 1. The van der Waals surface area contributed by atoms with Gasteiger partial charge in [0.05, 0.1) is 13.2 Å². The van der Waals surface area contributed by atoms with Crippen LogP contribution in [0.5, 0.6) is 0 Å². The summed E-state index contributed by atoms with van der Waals surface area (Å²) in [7, 11) is 0. The van der Waals surface area contributed by atoms with Gasteiger partial charge in [-0.2, -0.15) is 0 Å². The van der Waals surface area contributed by atoms with Crippen LogP contribution < -0.4 is 22.3 Å². The first-order valence-electron chi connectivity index (χ1n) is 11.9. The van der Waals surface area contributed by atoms with Crippen molar-refractivity contribution in [1.29, 1.82) is 0 Å². The number of aryl methyl sites for hydroxylation is 1. The number of aliphatic imine (C=N–C) groups is 2. The second-order valence-electron chi connectivity index (χ2n) is 9.59. The Balaban J connectivity index is 0.000000183. The summed E-state index contributed by atoms with van der Waals surface area (Å²) in [5.74, 6) is -1.54. The fourth-order valence-electron chi connectivity index (χ4n) is 4.47. The summed E-state index contributed by atoms with van der Waals surface area (Å²) < 4.78 is 11.6. The highest BCUT2D eigenvalue weighted by molar-refractivity contribution is 6.67. The van der Waals surface area contributed by atoms with E-state index in [9.17, 15) is 34.8 Å². The summed E-state index contributed by atoms with van der Waals surface area (Å²) in [6.45, 7) is 2.15. The molecule has 0 spiro atoms. The largest absolute Gasteiger partial charge is 0.394 e. The zero-order valence-electron chi connectivity index (χ0n) is 20.9. The van der Waals surface area contributed by atoms with Gasteiger partial charge < -0.3 is 50.3 Å². The van der Waals surface area contributed by atoms with Crippen LogP contribution in [0.3, 0.4) is 0 Å². The van der Waals surface area contributed by atoms with Crippen molar-refractivity contribution in [3.05, 3.63) is 32.6 Å².